The summed E-state index contributed by atoms with van der Waals surface area (Å²) >= 11 is 0. The molecule has 11 heteroatoms. The number of rotatable bonds is 4. The van der Waals surface area contributed by atoms with Gasteiger partial charge in [0.25, 0.3) is 0 Å². The minimum Gasteiger partial charge on any atom is -0.480 e. The molecule has 9 N–H and O–H groups in total. The predicted octanol–water partition coefficient (Wildman–Crippen LogP) is -4.69. The Bertz CT molecular complexity index is 367. The molecule has 0 aromatic rings. The van der Waals surface area contributed by atoms with E-state index in [0.29, 0.717) is 0 Å². The molecule has 1 rings (SSSR count). The summed E-state index contributed by atoms with van der Waals surface area (Å²) in [4.78, 5) is 20.4. The third kappa shape index (κ3) is 6.19. The lowest BCUT2D eigenvalue weighted by molar-refractivity contribution is -0.253. The molecule has 0 radical (unpaired) electrons. The summed E-state index contributed by atoms with van der Waals surface area (Å²) in [5.74, 6) is -1.64. The summed E-state index contributed by atoms with van der Waals surface area (Å²) in [6, 6.07) is -2.22. The number of carboxylic acids is 1. The first-order valence-corrected chi connectivity index (χ1v) is 6.32. The molecule has 1 heterocycles. The number of hydrogen-bond acceptors (Lipinski definition) is 9. The standard InChI is InChI=1S/C8H15NO6.C3H7NO3/c1-3(11)9-5-7(13)6(12)4(2-10)15-8(5)14;4-2(1-5)3(6)7/h4-8,10,12-14H,2H2,1H3,(H,9,11);2,5H,1,4H2,(H,6,7)/t4-,5-,6-,7-,8?;/m0./s1. The van der Waals surface area contributed by atoms with E-state index in [4.69, 9.17) is 25.8 Å². The third-order valence-corrected chi connectivity index (χ3v) is 2.78. The van der Waals surface area contributed by atoms with Crippen molar-refractivity contribution < 1.29 is 45.0 Å². The molecular formula is C11H22N2O9. The first-order chi connectivity index (χ1) is 10.1. The predicted molar refractivity (Wildman–Crippen MR) is 70.3 cm³/mol. The number of ether oxygens (including phenoxy) is 1. The number of nitrogens with one attached hydrogen (secondary N) is 1. The fourth-order valence-corrected chi connectivity index (χ4v) is 1.57. The number of hydrogen-bond donors (Lipinski definition) is 8. The van der Waals surface area contributed by atoms with Gasteiger partial charge in [0.1, 0.15) is 30.4 Å². The highest BCUT2D eigenvalue weighted by Gasteiger charge is 2.43. The van der Waals surface area contributed by atoms with Crippen molar-refractivity contribution in [1.82, 2.24) is 5.32 Å². The van der Waals surface area contributed by atoms with Crippen LogP contribution in [0.3, 0.4) is 0 Å². The van der Waals surface area contributed by atoms with Crippen molar-refractivity contribution in [3.05, 3.63) is 0 Å². The lowest BCUT2D eigenvalue weighted by atomic mass is 9.97. The van der Waals surface area contributed by atoms with Crippen molar-refractivity contribution >= 4 is 11.9 Å². The topological polar surface area (TPSA) is 203 Å². The van der Waals surface area contributed by atoms with Crippen LogP contribution in [0.1, 0.15) is 6.92 Å². The lowest BCUT2D eigenvalue weighted by Crippen LogP contribution is -2.63. The van der Waals surface area contributed by atoms with E-state index in [1.165, 1.54) is 6.92 Å². The van der Waals surface area contributed by atoms with Gasteiger partial charge in [-0.1, -0.05) is 0 Å². The Morgan fingerprint density at radius 3 is 2.09 bits per heavy atom. The van der Waals surface area contributed by atoms with Crippen molar-refractivity contribution in [1.29, 1.82) is 0 Å². The molecular weight excluding hydrogens is 304 g/mol. The zero-order chi connectivity index (χ0) is 17.4. The van der Waals surface area contributed by atoms with Crippen LogP contribution in [-0.4, -0.2) is 92.4 Å². The van der Waals surface area contributed by atoms with Crippen LogP contribution in [0, 0.1) is 0 Å². The van der Waals surface area contributed by atoms with Crippen LogP contribution in [0.5, 0.6) is 0 Å². The Labute approximate surface area is 125 Å². The molecule has 1 aliphatic rings. The Kier molecular flexibility index (Phi) is 9.04. The molecule has 1 saturated heterocycles. The summed E-state index contributed by atoms with van der Waals surface area (Å²) in [6.07, 6.45) is -5.24. The van der Waals surface area contributed by atoms with E-state index in [1.54, 1.807) is 0 Å². The van der Waals surface area contributed by atoms with Gasteiger partial charge in [0.05, 0.1) is 13.2 Å². The van der Waals surface area contributed by atoms with Crippen LogP contribution in [0.2, 0.25) is 0 Å². The fraction of sp³-hybridized carbons (Fsp3) is 0.818. The minimum atomic E-state index is -1.45. The number of aliphatic hydroxyl groups is 5. The number of amides is 1. The zero-order valence-corrected chi connectivity index (χ0v) is 11.9. The van der Waals surface area contributed by atoms with Crippen molar-refractivity contribution in [3.8, 4) is 0 Å². The van der Waals surface area contributed by atoms with Crippen LogP contribution >= 0.6 is 0 Å². The van der Waals surface area contributed by atoms with E-state index >= 15 is 0 Å². The number of carbonyl (C=O) groups excluding carboxylic acids is 1. The van der Waals surface area contributed by atoms with E-state index in [2.05, 4.69) is 5.32 Å². The van der Waals surface area contributed by atoms with Gasteiger partial charge in [0, 0.05) is 6.92 Å². The molecule has 11 nitrogen and oxygen atoms in total. The van der Waals surface area contributed by atoms with Crippen molar-refractivity contribution in [3.63, 3.8) is 0 Å². The van der Waals surface area contributed by atoms with E-state index in [-0.39, 0.29) is 0 Å². The fourth-order valence-electron chi connectivity index (χ4n) is 1.57. The highest BCUT2D eigenvalue weighted by molar-refractivity contribution is 5.73. The molecule has 1 aliphatic heterocycles. The van der Waals surface area contributed by atoms with Crippen LogP contribution in [0.15, 0.2) is 0 Å². The highest BCUT2D eigenvalue weighted by atomic mass is 16.6. The molecule has 0 aliphatic carbocycles. The van der Waals surface area contributed by atoms with Crippen molar-refractivity contribution in [2.75, 3.05) is 13.2 Å². The molecule has 130 valence electrons. The number of carboxylic acid groups (broad SMARTS) is 1. The number of aliphatic hydroxyl groups excluding tert-OH is 5. The van der Waals surface area contributed by atoms with Gasteiger partial charge in [-0.3, -0.25) is 9.59 Å². The van der Waals surface area contributed by atoms with Crippen LogP contribution in [0.4, 0.5) is 0 Å². The Morgan fingerprint density at radius 2 is 1.77 bits per heavy atom. The SMILES string of the molecule is CC(=O)N[C@@H]1C(O)O[C@@H](CO)[C@H](O)[C@H]1O.NC(CO)C(=O)O. The molecule has 0 bridgehead atoms. The molecule has 2 unspecified atom stereocenters. The normalized spacial score (nSPS) is 32.4. The largest absolute Gasteiger partial charge is 0.480 e. The number of carbonyl (C=O) groups is 2. The molecule has 6 atom stereocenters. The average Bonchev–Trinajstić information content (AvgIpc) is 2.46. The van der Waals surface area contributed by atoms with Crippen LogP contribution < -0.4 is 11.1 Å². The van der Waals surface area contributed by atoms with Crippen molar-refractivity contribution in [2.24, 2.45) is 5.73 Å². The summed E-state index contributed by atoms with van der Waals surface area (Å²) in [5.41, 5.74) is 4.77. The van der Waals surface area contributed by atoms with Gasteiger partial charge in [0.15, 0.2) is 6.29 Å². The second kappa shape index (κ2) is 9.63. The third-order valence-electron chi connectivity index (χ3n) is 2.78. The van der Waals surface area contributed by atoms with Gasteiger partial charge in [-0.25, -0.2) is 0 Å². The van der Waals surface area contributed by atoms with E-state index < -0.39 is 61.8 Å². The molecule has 0 aromatic carbocycles. The Balaban J connectivity index is 0.000000534. The second-order valence-electron chi connectivity index (χ2n) is 4.58. The van der Waals surface area contributed by atoms with Gasteiger partial charge in [-0.2, -0.15) is 0 Å². The van der Waals surface area contributed by atoms with Gasteiger partial charge >= 0.3 is 5.97 Å². The smallest absolute Gasteiger partial charge is 0.322 e. The second-order valence-corrected chi connectivity index (χ2v) is 4.58. The molecule has 1 fully saturated rings. The van der Waals surface area contributed by atoms with Gasteiger partial charge in [-0.15, -0.1) is 0 Å². The molecule has 1 amide bonds. The Hall–Kier alpha value is -1.34. The first-order valence-electron chi connectivity index (χ1n) is 6.32. The van der Waals surface area contributed by atoms with Crippen LogP contribution in [-0.2, 0) is 14.3 Å². The van der Waals surface area contributed by atoms with Gasteiger partial charge < -0.3 is 46.4 Å². The summed E-state index contributed by atoms with van der Waals surface area (Å²) in [7, 11) is 0. The van der Waals surface area contributed by atoms with Gasteiger partial charge in [-0.05, 0) is 0 Å². The van der Waals surface area contributed by atoms with Gasteiger partial charge in [0.2, 0.25) is 5.91 Å². The minimum absolute atomic E-state index is 0.462. The maximum Gasteiger partial charge on any atom is 0.322 e. The van der Waals surface area contributed by atoms with E-state index in [0.717, 1.165) is 0 Å². The van der Waals surface area contributed by atoms with E-state index in [9.17, 15) is 24.9 Å². The average molecular weight is 326 g/mol. The summed E-state index contributed by atoms with van der Waals surface area (Å²) < 4.78 is 4.81. The Morgan fingerprint density at radius 1 is 1.23 bits per heavy atom. The molecule has 0 spiro atoms. The zero-order valence-electron chi connectivity index (χ0n) is 11.9. The lowest BCUT2D eigenvalue weighted by Gasteiger charge is -2.40. The van der Waals surface area contributed by atoms with Crippen LogP contribution in [0.25, 0.3) is 0 Å². The maximum absolute atomic E-state index is 10.7. The molecule has 0 aromatic heterocycles. The maximum atomic E-state index is 10.7. The summed E-state index contributed by atoms with van der Waals surface area (Å²) in [6.45, 7) is 0.182. The van der Waals surface area contributed by atoms with E-state index in [1.807, 2.05) is 0 Å². The summed E-state index contributed by atoms with van der Waals surface area (Å²) in [5, 5.41) is 55.3. The number of aliphatic carboxylic acids is 1. The van der Waals surface area contributed by atoms with Crippen molar-refractivity contribution in [2.45, 2.75) is 43.6 Å². The number of nitrogens with two attached hydrogens (primary N) is 1. The molecule has 22 heavy (non-hydrogen) atoms. The first kappa shape index (κ1) is 20.7. The molecule has 0 saturated carbocycles. The quantitative estimate of drug-likeness (QED) is 0.248. The highest BCUT2D eigenvalue weighted by Crippen LogP contribution is 2.19. The monoisotopic (exact) mass is 326 g/mol.